The second-order valence-electron chi connectivity index (χ2n) is 10.9. The second kappa shape index (κ2) is 20.1. The topological polar surface area (TPSA) is 127 Å². The summed E-state index contributed by atoms with van der Waals surface area (Å²) in [6.07, 6.45) is 7.49. The highest BCUT2D eigenvalue weighted by molar-refractivity contribution is 5.69. The summed E-state index contributed by atoms with van der Waals surface area (Å²) < 4.78 is 4.94. The minimum atomic E-state index is -1.73. The van der Waals surface area contributed by atoms with Crippen LogP contribution in [0.2, 0.25) is 0 Å². The first-order chi connectivity index (χ1) is 16.5. The Bertz CT molecular complexity index is 564. The van der Waals surface area contributed by atoms with Gasteiger partial charge in [0, 0.05) is 6.42 Å². The summed E-state index contributed by atoms with van der Waals surface area (Å²) in [5, 5.41) is 47.1. The van der Waals surface area contributed by atoms with E-state index in [1.54, 1.807) is 0 Å². The van der Waals surface area contributed by atoms with Crippen LogP contribution in [0.25, 0.3) is 0 Å². The Morgan fingerprint density at radius 2 is 1.29 bits per heavy atom. The Morgan fingerprint density at radius 3 is 1.83 bits per heavy atom. The quantitative estimate of drug-likeness (QED) is 0.118. The third-order valence-electron chi connectivity index (χ3n) is 6.72. The van der Waals surface area contributed by atoms with E-state index >= 15 is 0 Å². The van der Waals surface area contributed by atoms with Crippen LogP contribution < -0.4 is 0 Å². The Kier molecular flexibility index (Phi) is 19.5. The van der Waals surface area contributed by atoms with Gasteiger partial charge in [0.05, 0.1) is 6.61 Å². The molecule has 6 atom stereocenters. The highest BCUT2D eigenvalue weighted by Gasteiger charge is 2.30. The monoisotopic (exact) mass is 502 g/mol. The van der Waals surface area contributed by atoms with Gasteiger partial charge in [0.1, 0.15) is 31.0 Å². The summed E-state index contributed by atoms with van der Waals surface area (Å²) in [5.41, 5.74) is 1.25. The molecule has 2 unspecified atom stereocenters. The van der Waals surface area contributed by atoms with Crippen molar-refractivity contribution >= 4 is 5.97 Å². The molecule has 0 aliphatic carbocycles. The summed E-state index contributed by atoms with van der Waals surface area (Å²) in [4.78, 5) is 11.9. The summed E-state index contributed by atoms with van der Waals surface area (Å²) in [6.45, 7) is 10.1. The third kappa shape index (κ3) is 18.0. The molecule has 7 nitrogen and oxygen atoms in total. The Hall–Kier alpha value is -0.990. The number of ether oxygens (including phenoxy) is 1. The van der Waals surface area contributed by atoms with Crippen LogP contribution in [-0.2, 0) is 9.53 Å². The number of carbonyl (C=O) groups excluding carboxylic acids is 1. The van der Waals surface area contributed by atoms with E-state index in [0.717, 1.165) is 30.6 Å². The maximum absolute atomic E-state index is 11.9. The predicted molar refractivity (Wildman–Crippen MR) is 140 cm³/mol. The number of hydrogen-bond donors (Lipinski definition) is 5. The van der Waals surface area contributed by atoms with Crippen LogP contribution in [0.4, 0.5) is 0 Å². The average molecular weight is 503 g/mol. The van der Waals surface area contributed by atoms with Gasteiger partial charge in [0.25, 0.3) is 0 Å². The van der Waals surface area contributed by atoms with E-state index in [0.29, 0.717) is 6.42 Å². The van der Waals surface area contributed by atoms with Crippen LogP contribution in [0.5, 0.6) is 0 Å². The van der Waals surface area contributed by atoms with E-state index in [4.69, 9.17) is 9.84 Å². The largest absolute Gasteiger partial charge is 0.463 e. The molecule has 208 valence electrons. The van der Waals surface area contributed by atoms with Gasteiger partial charge in [-0.25, -0.2) is 0 Å². The lowest BCUT2D eigenvalue weighted by atomic mass is 9.91. The van der Waals surface area contributed by atoms with Gasteiger partial charge in [-0.15, -0.1) is 0 Å². The number of aliphatic hydroxyl groups is 5. The first-order valence-corrected chi connectivity index (χ1v) is 13.6. The first kappa shape index (κ1) is 34.0. The van der Waals surface area contributed by atoms with E-state index in [1.807, 2.05) is 6.08 Å². The lowest BCUT2D eigenvalue weighted by Gasteiger charge is -2.25. The molecule has 0 rings (SSSR count). The minimum Gasteiger partial charge on any atom is -0.463 e. The SMILES string of the molecule is CC(=CCCC(=O)OC[C@H](O)[C@@H](O)[C@H](O)[C@H](O)CO)CCCC(C)CCCC(C)CCCC(C)C. The van der Waals surface area contributed by atoms with Crippen LogP contribution in [0.3, 0.4) is 0 Å². The van der Waals surface area contributed by atoms with Crippen molar-refractivity contribution in [2.75, 3.05) is 13.2 Å². The van der Waals surface area contributed by atoms with E-state index in [2.05, 4.69) is 34.6 Å². The van der Waals surface area contributed by atoms with Crippen LogP contribution in [0.1, 0.15) is 105 Å². The third-order valence-corrected chi connectivity index (χ3v) is 6.72. The fourth-order valence-electron chi connectivity index (χ4n) is 4.16. The van der Waals surface area contributed by atoms with Crippen molar-refractivity contribution in [2.45, 2.75) is 130 Å². The molecule has 0 spiro atoms. The zero-order valence-electron chi connectivity index (χ0n) is 22.9. The molecule has 0 fully saturated rings. The number of carbonyl (C=O) groups is 1. The highest BCUT2D eigenvalue weighted by Crippen LogP contribution is 2.22. The Labute approximate surface area is 213 Å². The zero-order valence-corrected chi connectivity index (χ0v) is 22.9. The molecule has 0 amide bonds. The summed E-state index contributed by atoms with van der Waals surface area (Å²) in [5.74, 6) is 1.86. The molecule has 0 saturated carbocycles. The molecule has 0 saturated heterocycles. The van der Waals surface area contributed by atoms with Gasteiger partial charge < -0.3 is 30.3 Å². The summed E-state index contributed by atoms with van der Waals surface area (Å²) in [6, 6.07) is 0. The molecular formula is C28H54O7. The maximum Gasteiger partial charge on any atom is 0.306 e. The Morgan fingerprint density at radius 1 is 0.771 bits per heavy atom. The Balaban J connectivity index is 3.94. The standard InChI is InChI=1S/C28H54O7/c1-20(2)10-6-11-21(3)12-7-13-22(4)14-8-15-23(5)16-9-17-26(32)35-19-25(31)28(34)27(33)24(30)18-29/h16,20-22,24-25,27-31,33-34H,6-15,17-19H2,1-5H3/t21?,22?,24-,25+,27-,28-/m1/s1. The molecule has 0 heterocycles. The average Bonchev–Trinajstić information content (AvgIpc) is 2.80. The van der Waals surface area contributed by atoms with Crippen molar-refractivity contribution in [1.82, 2.24) is 0 Å². The molecule has 0 radical (unpaired) electrons. The number of allylic oxidation sites excluding steroid dienone is 2. The molecule has 0 aromatic carbocycles. The van der Waals surface area contributed by atoms with Gasteiger partial charge >= 0.3 is 5.97 Å². The molecule has 35 heavy (non-hydrogen) atoms. The molecule has 0 bridgehead atoms. The minimum absolute atomic E-state index is 0.160. The number of rotatable bonds is 21. The molecule has 0 aromatic rings. The molecule has 0 aromatic heterocycles. The van der Waals surface area contributed by atoms with Crippen molar-refractivity contribution in [3.05, 3.63) is 11.6 Å². The second-order valence-corrected chi connectivity index (χ2v) is 10.9. The van der Waals surface area contributed by atoms with Crippen LogP contribution in [0, 0.1) is 17.8 Å². The van der Waals surface area contributed by atoms with Crippen molar-refractivity contribution in [1.29, 1.82) is 0 Å². The highest BCUT2D eigenvalue weighted by atomic mass is 16.5. The number of hydrogen-bond acceptors (Lipinski definition) is 7. The van der Waals surface area contributed by atoms with Gasteiger partial charge in [-0.1, -0.05) is 84.3 Å². The number of aliphatic hydroxyl groups excluding tert-OH is 5. The predicted octanol–water partition coefficient (Wildman–Crippen LogP) is 4.13. The lowest BCUT2D eigenvalue weighted by molar-refractivity contribution is -0.156. The molecule has 0 aliphatic rings. The number of esters is 1. The van der Waals surface area contributed by atoms with E-state index in [9.17, 15) is 25.2 Å². The fourth-order valence-corrected chi connectivity index (χ4v) is 4.16. The lowest BCUT2D eigenvalue weighted by Crippen LogP contribution is -2.47. The fraction of sp³-hybridized carbons (Fsp3) is 0.893. The van der Waals surface area contributed by atoms with Crippen molar-refractivity contribution in [3.63, 3.8) is 0 Å². The van der Waals surface area contributed by atoms with E-state index in [1.165, 1.54) is 50.5 Å². The van der Waals surface area contributed by atoms with E-state index < -0.39 is 43.6 Å². The molecule has 0 aliphatic heterocycles. The van der Waals surface area contributed by atoms with Crippen molar-refractivity contribution < 1.29 is 35.1 Å². The van der Waals surface area contributed by atoms with Gasteiger partial charge in [0.2, 0.25) is 0 Å². The molecule has 5 N–H and O–H groups in total. The van der Waals surface area contributed by atoms with Gasteiger partial charge in [-0.2, -0.15) is 0 Å². The first-order valence-electron chi connectivity index (χ1n) is 13.6. The zero-order chi connectivity index (χ0) is 26.8. The van der Waals surface area contributed by atoms with Crippen molar-refractivity contribution in [2.24, 2.45) is 17.8 Å². The molecule has 7 heteroatoms. The molecular weight excluding hydrogens is 448 g/mol. The smallest absolute Gasteiger partial charge is 0.306 e. The van der Waals surface area contributed by atoms with Crippen molar-refractivity contribution in [3.8, 4) is 0 Å². The van der Waals surface area contributed by atoms with Crippen LogP contribution >= 0.6 is 0 Å². The van der Waals surface area contributed by atoms with Crippen LogP contribution in [-0.4, -0.2) is 69.1 Å². The van der Waals surface area contributed by atoms with Gasteiger partial charge in [-0.05, 0) is 43.9 Å². The van der Waals surface area contributed by atoms with Crippen LogP contribution in [0.15, 0.2) is 11.6 Å². The van der Waals surface area contributed by atoms with Gasteiger partial charge in [-0.3, -0.25) is 4.79 Å². The van der Waals surface area contributed by atoms with E-state index in [-0.39, 0.29) is 6.42 Å². The van der Waals surface area contributed by atoms with Gasteiger partial charge in [0.15, 0.2) is 0 Å². The maximum atomic E-state index is 11.9. The summed E-state index contributed by atoms with van der Waals surface area (Å²) >= 11 is 0. The normalized spacial score (nSPS) is 17.6. The summed E-state index contributed by atoms with van der Waals surface area (Å²) in [7, 11) is 0.